The minimum absolute atomic E-state index is 0.123. The van der Waals surface area contributed by atoms with Crippen LogP contribution in [0.3, 0.4) is 0 Å². The predicted molar refractivity (Wildman–Crippen MR) is 106 cm³/mol. The van der Waals surface area contributed by atoms with Crippen molar-refractivity contribution in [2.75, 3.05) is 24.5 Å². The maximum absolute atomic E-state index is 13.3. The second kappa shape index (κ2) is 6.56. The highest BCUT2D eigenvalue weighted by Gasteiger charge is 2.38. The van der Waals surface area contributed by atoms with Crippen molar-refractivity contribution in [3.63, 3.8) is 0 Å². The van der Waals surface area contributed by atoms with E-state index in [1.54, 1.807) is 23.7 Å². The Balaban J connectivity index is 1.42. The minimum atomic E-state index is 0.123. The summed E-state index contributed by atoms with van der Waals surface area (Å²) in [7, 11) is 0. The molecular weight excluding hydrogens is 358 g/mol. The van der Waals surface area contributed by atoms with Gasteiger partial charge in [0.1, 0.15) is 5.82 Å². The summed E-state index contributed by atoms with van der Waals surface area (Å²) in [5, 5.41) is 1.03. The molecule has 0 spiro atoms. The SMILES string of the molecule is Cc1nc2cc(C(=O)N3C[C@H]4CC[C@@H]3CN(c3cnccn3)C4)ccc2s1. The van der Waals surface area contributed by atoms with Gasteiger partial charge in [0.15, 0.2) is 0 Å². The van der Waals surface area contributed by atoms with Crippen LogP contribution < -0.4 is 4.90 Å². The highest BCUT2D eigenvalue weighted by atomic mass is 32.1. The number of thiazole rings is 1. The molecule has 6 nitrogen and oxygen atoms in total. The number of rotatable bonds is 2. The van der Waals surface area contributed by atoms with Crippen molar-refractivity contribution in [1.29, 1.82) is 0 Å². The van der Waals surface area contributed by atoms with Gasteiger partial charge in [0, 0.05) is 43.6 Å². The molecule has 3 aromatic rings. The molecule has 1 amide bonds. The zero-order valence-corrected chi connectivity index (χ0v) is 16.0. The van der Waals surface area contributed by atoms with Crippen molar-refractivity contribution in [3.8, 4) is 0 Å². The molecule has 7 heteroatoms. The molecule has 3 aliphatic heterocycles. The molecular formula is C20H21N5OS. The molecule has 2 aromatic heterocycles. The van der Waals surface area contributed by atoms with Crippen molar-refractivity contribution >= 4 is 33.3 Å². The van der Waals surface area contributed by atoms with Gasteiger partial charge in [0.05, 0.1) is 21.4 Å². The van der Waals surface area contributed by atoms with Crippen LogP contribution in [0.5, 0.6) is 0 Å². The molecule has 2 atom stereocenters. The topological polar surface area (TPSA) is 62.2 Å². The summed E-state index contributed by atoms with van der Waals surface area (Å²) in [4.78, 5) is 30.9. The summed E-state index contributed by atoms with van der Waals surface area (Å²) in [5.41, 5.74) is 1.66. The van der Waals surface area contributed by atoms with Gasteiger partial charge in [-0.25, -0.2) is 9.97 Å². The van der Waals surface area contributed by atoms with Crippen LogP contribution in [0, 0.1) is 12.8 Å². The maximum Gasteiger partial charge on any atom is 0.254 e. The Bertz CT molecular complexity index is 988. The summed E-state index contributed by atoms with van der Waals surface area (Å²) in [5.74, 6) is 1.50. The average molecular weight is 379 g/mol. The Labute approximate surface area is 161 Å². The van der Waals surface area contributed by atoms with Crippen LogP contribution in [0.25, 0.3) is 10.2 Å². The lowest BCUT2D eigenvalue weighted by Crippen LogP contribution is -2.47. The van der Waals surface area contributed by atoms with Crippen LogP contribution in [-0.2, 0) is 0 Å². The lowest BCUT2D eigenvalue weighted by molar-refractivity contribution is 0.0592. The summed E-state index contributed by atoms with van der Waals surface area (Å²) < 4.78 is 1.13. The predicted octanol–water partition coefficient (Wildman–Crippen LogP) is 3.14. The molecule has 3 aliphatic rings. The van der Waals surface area contributed by atoms with E-state index in [0.29, 0.717) is 5.92 Å². The van der Waals surface area contributed by atoms with Gasteiger partial charge in [-0.15, -0.1) is 11.3 Å². The van der Waals surface area contributed by atoms with Crippen molar-refractivity contribution in [1.82, 2.24) is 19.9 Å². The number of fused-ring (bicyclic) bond motifs is 5. The minimum Gasteiger partial charge on any atom is -0.353 e. The van der Waals surface area contributed by atoms with Crippen LogP contribution >= 0.6 is 11.3 Å². The Kier molecular flexibility index (Phi) is 4.04. The molecule has 0 aliphatic carbocycles. The number of carbonyl (C=O) groups is 1. The van der Waals surface area contributed by atoms with Crippen molar-refractivity contribution in [3.05, 3.63) is 47.4 Å². The van der Waals surface area contributed by atoms with Crippen molar-refractivity contribution < 1.29 is 4.79 Å². The fourth-order valence-corrected chi connectivity index (χ4v) is 5.12. The molecule has 0 saturated carbocycles. The van der Waals surface area contributed by atoms with E-state index in [4.69, 9.17) is 0 Å². The van der Waals surface area contributed by atoms with Crippen LogP contribution in [0.4, 0.5) is 5.82 Å². The number of nitrogens with zero attached hydrogens (tertiary/aromatic N) is 5. The molecule has 0 radical (unpaired) electrons. The quantitative estimate of drug-likeness (QED) is 0.685. The number of benzene rings is 1. The first-order chi connectivity index (χ1) is 13.2. The highest BCUT2D eigenvalue weighted by Crippen LogP contribution is 2.31. The summed E-state index contributed by atoms with van der Waals surface area (Å²) in [6, 6.07) is 6.13. The molecule has 1 aromatic carbocycles. The van der Waals surface area contributed by atoms with E-state index in [2.05, 4.69) is 24.8 Å². The molecule has 3 fully saturated rings. The van der Waals surface area contributed by atoms with E-state index < -0.39 is 0 Å². The fraction of sp³-hybridized carbons (Fsp3) is 0.400. The normalized spacial score (nSPS) is 22.3. The summed E-state index contributed by atoms with van der Waals surface area (Å²) in [6.45, 7) is 4.57. The number of hydrogen-bond acceptors (Lipinski definition) is 6. The Morgan fingerprint density at radius 2 is 2.11 bits per heavy atom. The number of piperidine rings is 1. The van der Waals surface area contributed by atoms with Crippen LogP contribution in [0.2, 0.25) is 0 Å². The van der Waals surface area contributed by atoms with Gasteiger partial charge in [-0.2, -0.15) is 0 Å². The zero-order valence-electron chi connectivity index (χ0n) is 15.2. The third-order valence-corrected chi connectivity index (χ3v) is 6.54. The average Bonchev–Trinajstić information content (AvgIpc) is 2.85. The van der Waals surface area contributed by atoms with Gasteiger partial charge in [-0.05, 0) is 43.9 Å². The number of amides is 1. The first-order valence-electron chi connectivity index (χ1n) is 9.36. The summed E-state index contributed by atoms with van der Waals surface area (Å²) in [6.07, 6.45) is 7.45. The number of aromatic nitrogens is 3. The maximum atomic E-state index is 13.3. The number of carbonyl (C=O) groups excluding carboxylic acids is 1. The molecule has 0 N–H and O–H groups in total. The lowest BCUT2D eigenvalue weighted by atomic mass is 9.94. The first-order valence-corrected chi connectivity index (χ1v) is 10.2. The molecule has 2 bridgehead atoms. The Morgan fingerprint density at radius 3 is 2.96 bits per heavy atom. The van der Waals surface area contributed by atoms with Crippen LogP contribution in [0.1, 0.15) is 28.2 Å². The Morgan fingerprint density at radius 1 is 1.19 bits per heavy atom. The number of hydrogen-bond donors (Lipinski definition) is 0. The van der Waals surface area contributed by atoms with Crippen molar-refractivity contribution in [2.24, 2.45) is 5.92 Å². The zero-order chi connectivity index (χ0) is 18.4. The van der Waals surface area contributed by atoms with Gasteiger partial charge in [-0.1, -0.05) is 0 Å². The fourth-order valence-electron chi connectivity index (χ4n) is 4.31. The van der Waals surface area contributed by atoms with E-state index in [-0.39, 0.29) is 11.9 Å². The molecule has 138 valence electrons. The van der Waals surface area contributed by atoms with E-state index in [9.17, 15) is 4.79 Å². The van der Waals surface area contributed by atoms with E-state index in [1.807, 2.05) is 31.3 Å². The third-order valence-electron chi connectivity index (χ3n) is 5.59. The Hall–Kier alpha value is -2.54. The van der Waals surface area contributed by atoms with Gasteiger partial charge in [0.2, 0.25) is 0 Å². The van der Waals surface area contributed by atoms with Crippen LogP contribution in [-0.4, -0.2) is 51.4 Å². The largest absolute Gasteiger partial charge is 0.353 e. The standard InChI is InChI=1S/C20H21N5OS/c1-13-23-17-8-15(3-5-18(17)27-13)20(26)25-11-14-2-4-16(25)12-24(10-14)19-9-21-6-7-22-19/h3,5-9,14,16H,2,4,10-12H2,1H3/t14-,16+/m0/s1. The van der Waals surface area contributed by atoms with Gasteiger partial charge >= 0.3 is 0 Å². The van der Waals surface area contributed by atoms with Gasteiger partial charge < -0.3 is 9.80 Å². The van der Waals surface area contributed by atoms with Crippen molar-refractivity contribution in [2.45, 2.75) is 25.8 Å². The monoisotopic (exact) mass is 379 g/mol. The number of aryl methyl sites for hydroxylation is 1. The van der Waals surface area contributed by atoms with Crippen LogP contribution in [0.15, 0.2) is 36.8 Å². The van der Waals surface area contributed by atoms with Gasteiger partial charge in [0.25, 0.3) is 5.91 Å². The summed E-state index contributed by atoms with van der Waals surface area (Å²) >= 11 is 1.67. The third kappa shape index (κ3) is 3.06. The second-order valence-electron chi connectivity index (χ2n) is 7.44. The first kappa shape index (κ1) is 16.6. The number of anilines is 1. The molecule has 0 unspecified atom stereocenters. The van der Waals surface area contributed by atoms with E-state index >= 15 is 0 Å². The van der Waals surface area contributed by atoms with Gasteiger partial charge in [-0.3, -0.25) is 9.78 Å². The lowest BCUT2D eigenvalue weighted by Gasteiger charge is -2.36. The highest BCUT2D eigenvalue weighted by molar-refractivity contribution is 7.18. The molecule has 3 saturated heterocycles. The molecule has 5 heterocycles. The molecule has 6 rings (SSSR count). The van der Waals surface area contributed by atoms with E-state index in [0.717, 1.165) is 59.1 Å². The second-order valence-corrected chi connectivity index (χ2v) is 8.67. The van der Waals surface area contributed by atoms with E-state index in [1.165, 1.54) is 0 Å². The smallest absolute Gasteiger partial charge is 0.254 e. The molecule has 27 heavy (non-hydrogen) atoms.